The van der Waals surface area contributed by atoms with Crippen molar-refractivity contribution in [1.82, 2.24) is 15.1 Å². The van der Waals surface area contributed by atoms with Crippen molar-refractivity contribution in [3.8, 4) is 0 Å². The standard InChI is InChI=1S/C17H21N3O3/c1-19-7-11-5-13(14(10-21)6-12(11)8-19)9-20(2)15-3-4-16(22)18-17(15)23/h5-6,10,15H,3-4,7-9H2,1-2H3,(H,18,22,23). The molecule has 2 amide bonds. The van der Waals surface area contributed by atoms with Crippen LogP contribution in [0, 0.1) is 0 Å². The summed E-state index contributed by atoms with van der Waals surface area (Å²) in [5.74, 6) is -0.467. The molecule has 0 aliphatic carbocycles. The number of nitrogens with zero attached hydrogens (tertiary/aromatic N) is 2. The summed E-state index contributed by atoms with van der Waals surface area (Å²) in [6.07, 6.45) is 1.76. The molecule has 2 heterocycles. The van der Waals surface area contributed by atoms with Gasteiger partial charge in [-0.1, -0.05) is 6.07 Å². The van der Waals surface area contributed by atoms with E-state index >= 15 is 0 Å². The summed E-state index contributed by atoms with van der Waals surface area (Å²) >= 11 is 0. The van der Waals surface area contributed by atoms with Crippen molar-refractivity contribution in [2.45, 2.75) is 38.5 Å². The van der Waals surface area contributed by atoms with Crippen molar-refractivity contribution in [3.63, 3.8) is 0 Å². The Morgan fingerprint density at radius 2 is 2.00 bits per heavy atom. The molecule has 0 saturated carbocycles. The summed E-state index contributed by atoms with van der Waals surface area (Å²) in [6, 6.07) is 3.70. The van der Waals surface area contributed by atoms with Gasteiger partial charge in [0.2, 0.25) is 11.8 Å². The van der Waals surface area contributed by atoms with Gasteiger partial charge in [0.1, 0.15) is 6.29 Å². The van der Waals surface area contributed by atoms with Gasteiger partial charge in [0.05, 0.1) is 6.04 Å². The van der Waals surface area contributed by atoms with Crippen LogP contribution in [0.2, 0.25) is 0 Å². The fraction of sp³-hybridized carbons (Fsp3) is 0.471. The van der Waals surface area contributed by atoms with Crippen molar-refractivity contribution in [2.75, 3.05) is 14.1 Å². The van der Waals surface area contributed by atoms with Crippen molar-refractivity contribution in [3.05, 3.63) is 34.4 Å². The number of nitrogens with one attached hydrogen (secondary N) is 1. The fourth-order valence-corrected chi connectivity index (χ4v) is 3.42. The normalized spacial score (nSPS) is 21.4. The summed E-state index contributed by atoms with van der Waals surface area (Å²) in [7, 11) is 3.91. The van der Waals surface area contributed by atoms with Crippen molar-refractivity contribution < 1.29 is 14.4 Å². The van der Waals surface area contributed by atoms with Gasteiger partial charge >= 0.3 is 0 Å². The Kier molecular flexibility index (Phi) is 4.28. The molecule has 1 atom stereocenters. The van der Waals surface area contributed by atoms with Crippen LogP contribution in [0.3, 0.4) is 0 Å². The van der Waals surface area contributed by atoms with Crippen LogP contribution in [-0.4, -0.2) is 48.0 Å². The van der Waals surface area contributed by atoms with Crippen LogP contribution in [-0.2, 0) is 29.2 Å². The van der Waals surface area contributed by atoms with Crippen LogP contribution in [0.15, 0.2) is 12.1 Å². The molecule has 23 heavy (non-hydrogen) atoms. The second kappa shape index (κ2) is 6.22. The molecule has 1 fully saturated rings. The van der Waals surface area contributed by atoms with Crippen LogP contribution in [0.5, 0.6) is 0 Å². The summed E-state index contributed by atoms with van der Waals surface area (Å²) in [4.78, 5) is 38.8. The Balaban J connectivity index is 1.79. The van der Waals surface area contributed by atoms with E-state index in [1.807, 2.05) is 18.0 Å². The van der Waals surface area contributed by atoms with Gasteiger partial charge in [-0.15, -0.1) is 0 Å². The zero-order valence-corrected chi connectivity index (χ0v) is 13.5. The summed E-state index contributed by atoms with van der Waals surface area (Å²) < 4.78 is 0. The van der Waals surface area contributed by atoms with E-state index in [0.29, 0.717) is 24.9 Å². The van der Waals surface area contributed by atoms with Gasteiger partial charge < -0.3 is 0 Å². The molecule has 1 unspecified atom stereocenters. The maximum absolute atomic E-state index is 12.0. The number of hydrogen-bond donors (Lipinski definition) is 1. The lowest BCUT2D eigenvalue weighted by atomic mass is 9.99. The largest absolute Gasteiger partial charge is 0.298 e. The molecule has 0 aromatic heterocycles. The highest BCUT2D eigenvalue weighted by atomic mass is 16.2. The molecule has 3 rings (SSSR count). The molecule has 2 aliphatic rings. The van der Waals surface area contributed by atoms with E-state index < -0.39 is 0 Å². The van der Waals surface area contributed by atoms with E-state index in [1.54, 1.807) is 0 Å². The van der Waals surface area contributed by atoms with E-state index in [0.717, 1.165) is 24.9 Å². The van der Waals surface area contributed by atoms with Gasteiger partial charge in [-0.2, -0.15) is 0 Å². The summed E-state index contributed by atoms with van der Waals surface area (Å²) in [5, 5.41) is 2.38. The van der Waals surface area contributed by atoms with Gasteiger partial charge in [-0.25, -0.2) is 0 Å². The van der Waals surface area contributed by atoms with E-state index in [-0.39, 0.29) is 17.9 Å². The van der Waals surface area contributed by atoms with Gasteiger partial charge in [0.15, 0.2) is 0 Å². The third-order valence-corrected chi connectivity index (χ3v) is 4.63. The van der Waals surface area contributed by atoms with E-state index in [4.69, 9.17) is 0 Å². The molecule has 2 aliphatic heterocycles. The molecule has 0 spiro atoms. The van der Waals surface area contributed by atoms with Crippen molar-refractivity contribution in [2.24, 2.45) is 0 Å². The molecular formula is C17H21N3O3. The fourth-order valence-electron chi connectivity index (χ4n) is 3.42. The van der Waals surface area contributed by atoms with Gasteiger partial charge in [-0.3, -0.25) is 29.5 Å². The lowest BCUT2D eigenvalue weighted by molar-refractivity contribution is -0.137. The number of aldehydes is 1. The Morgan fingerprint density at radius 3 is 2.65 bits per heavy atom. The van der Waals surface area contributed by atoms with E-state index in [9.17, 15) is 14.4 Å². The SMILES string of the molecule is CN1Cc2cc(C=O)c(CN(C)C3CCC(=O)NC3=O)cc2C1. The lowest BCUT2D eigenvalue weighted by Crippen LogP contribution is -2.51. The zero-order chi connectivity index (χ0) is 16.6. The molecule has 1 N–H and O–H groups in total. The number of likely N-dealkylation sites (N-methyl/N-ethyl adjacent to an activating group) is 1. The quantitative estimate of drug-likeness (QED) is 0.654. The Hall–Kier alpha value is -2.05. The predicted octanol–water partition coefficient (Wildman–Crippen LogP) is 0.681. The first-order chi connectivity index (χ1) is 11.0. The number of benzene rings is 1. The van der Waals surface area contributed by atoms with Crippen LogP contribution >= 0.6 is 0 Å². The van der Waals surface area contributed by atoms with Crippen LogP contribution in [0.25, 0.3) is 0 Å². The highest BCUT2D eigenvalue weighted by Gasteiger charge is 2.30. The smallest absolute Gasteiger partial charge is 0.243 e. The molecule has 0 bridgehead atoms. The number of amides is 2. The summed E-state index contributed by atoms with van der Waals surface area (Å²) in [6.45, 7) is 2.25. The van der Waals surface area contributed by atoms with E-state index in [2.05, 4.69) is 23.3 Å². The third-order valence-electron chi connectivity index (χ3n) is 4.63. The molecule has 122 valence electrons. The van der Waals surface area contributed by atoms with Crippen LogP contribution in [0.4, 0.5) is 0 Å². The first kappa shape index (κ1) is 15.8. The van der Waals surface area contributed by atoms with Crippen LogP contribution in [0.1, 0.15) is 39.9 Å². The number of imide groups is 1. The lowest BCUT2D eigenvalue weighted by Gasteiger charge is -2.30. The molecule has 1 saturated heterocycles. The highest BCUT2D eigenvalue weighted by molar-refractivity contribution is 6.00. The van der Waals surface area contributed by atoms with Crippen molar-refractivity contribution >= 4 is 18.1 Å². The monoisotopic (exact) mass is 315 g/mol. The Labute approximate surface area is 135 Å². The maximum atomic E-state index is 12.0. The second-order valence-electron chi connectivity index (χ2n) is 6.49. The minimum atomic E-state index is -0.330. The number of piperidine rings is 1. The topological polar surface area (TPSA) is 69.7 Å². The first-order valence-electron chi connectivity index (χ1n) is 7.80. The van der Waals surface area contributed by atoms with Crippen LogP contribution < -0.4 is 5.32 Å². The zero-order valence-electron chi connectivity index (χ0n) is 13.5. The number of hydrogen-bond acceptors (Lipinski definition) is 5. The number of carbonyl (C=O) groups excluding carboxylic acids is 3. The molecular weight excluding hydrogens is 294 g/mol. The minimum absolute atomic E-state index is 0.214. The molecule has 1 aromatic carbocycles. The van der Waals surface area contributed by atoms with Gasteiger partial charge in [0, 0.05) is 31.6 Å². The molecule has 1 aromatic rings. The Morgan fingerprint density at radius 1 is 1.30 bits per heavy atom. The maximum Gasteiger partial charge on any atom is 0.243 e. The predicted molar refractivity (Wildman–Crippen MR) is 84.6 cm³/mol. The molecule has 0 radical (unpaired) electrons. The van der Waals surface area contributed by atoms with Gasteiger partial charge in [-0.05, 0) is 43.3 Å². The first-order valence-corrected chi connectivity index (χ1v) is 7.80. The third kappa shape index (κ3) is 3.18. The minimum Gasteiger partial charge on any atom is -0.298 e. The Bertz CT molecular complexity index is 671. The highest BCUT2D eigenvalue weighted by Crippen LogP contribution is 2.26. The van der Waals surface area contributed by atoms with Gasteiger partial charge in [0.25, 0.3) is 0 Å². The number of fused-ring (bicyclic) bond motifs is 1. The average molecular weight is 315 g/mol. The average Bonchev–Trinajstić information content (AvgIpc) is 2.85. The second-order valence-corrected chi connectivity index (χ2v) is 6.49. The van der Waals surface area contributed by atoms with E-state index in [1.165, 1.54) is 11.1 Å². The van der Waals surface area contributed by atoms with Crippen molar-refractivity contribution in [1.29, 1.82) is 0 Å². The molecule has 6 nitrogen and oxygen atoms in total. The number of rotatable bonds is 4. The number of carbonyl (C=O) groups is 3. The molecule has 6 heteroatoms. The summed E-state index contributed by atoms with van der Waals surface area (Å²) in [5.41, 5.74) is 4.05.